The molecule has 4 fully saturated rings. The van der Waals surface area contributed by atoms with E-state index in [4.69, 9.17) is 0 Å². The third kappa shape index (κ3) is 4.33. The van der Waals surface area contributed by atoms with Gasteiger partial charge in [-0.25, -0.2) is 0 Å². The monoisotopic (exact) mass is 417 g/mol. The van der Waals surface area contributed by atoms with Crippen LogP contribution < -0.4 is 0 Å². The molecule has 3 saturated heterocycles. The highest BCUT2D eigenvalue weighted by atomic mass is 15.3. The number of nitrogens with zero attached hydrogens (tertiary/aromatic N) is 3. The Balaban J connectivity index is 1.49. The lowest BCUT2D eigenvalue weighted by Gasteiger charge is -2.49. The predicted molar refractivity (Wildman–Crippen MR) is 130 cm³/mol. The first-order chi connectivity index (χ1) is 15.1. The molecule has 6 rings (SSSR count). The molecule has 3 nitrogen and oxygen atoms in total. The molecule has 3 aliphatic heterocycles. The van der Waals surface area contributed by atoms with Crippen LogP contribution in [-0.4, -0.2) is 73.6 Å². The second-order valence-corrected chi connectivity index (χ2v) is 10.5. The number of fused-ring (bicyclic) bond motifs is 4. The molecule has 1 aliphatic carbocycles. The van der Waals surface area contributed by atoms with Gasteiger partial charge in [-0.1, -0.05) is 60.7 Å². The quantitative estimate of drug-likeness (QED) is 0.676. The van der Waals surface area contributed by atoms with E-state index in [-0.39, 0.29) is 5.54 Å². The third-order valence-electron chi connectivity index (χ3n) is 8.56. The molecule has 2 aromatic rings. The normalized spacial score (nSPS) is 31.9. The van der Waals surface area contributed by atoms with Crippen molar-refractivity contribution in [1.82, 2.24) is 14.7 Å². The molecule has 3 heterocycles. The fraction of sp³-hybridized carbons (Fsp3) is 0.571. The smallest absolute Gasteiger partial charge is 0.0342 e. The van der Waals surface area contributed by atoms with Gasteiger partial charge in [0.2, 0.25) is 0 Å². The van der Waals surface area contributed by atoms with Crippen molar-refractivity contribution in [2.45, 2.75) is 43.1 Å². The van der Waals surface area contributed by atoms with Crippen LogP contribution in [0.2, 0.25) is 0 Å². The summed E-state index contributed by atoms with van der Waals surface area (Å²) in [6.07, 6.45) is 5.32. The zero-order chi connectivity index (χ0) is 21.3. The van der Waals surface area contributed by atoms with Gasteiger partial charge in [0, 0.05) is 31.7 Å². The average molecular weight is 418 g/mol. The van der Waals surface area contributed by atoms with Crippen LogP contribution in [0.3, 0.4) is 0 Å². The van der Waals surface area contributed by atoms with Crippen LogP contribution in [0.1, 0.15) is 48.6 Å². The lowest BCUT2D eigenvalue weighted by molar-refractivity contribution is 0.0636. The van der Waals surface area contributed by atoms with Gasteiger partial charge in [-0.15, -0.1) is 0 Å². The number of rotatable bonds is 6. The molecule has 4 aliphatic rings. The number of hydrogen-bond donors (Lipinski definition) is 0. The lowest BCUT2D eigenvalue weighted by atomic mass is 9.61. The standard InChI is InChI=1S/C28H39N3/c1-29(2)28-19-25(23-11-5-3-6-12-23)27(26(20-28)24-13-7-4-8-14-24)21-31(22-28)18-17-30-15-9-10-16-30/h3-8,11-14,25-27H,9-10,15-22H2,1-2H3. The van der Waals surface area contributed by atoms with Crippen molar-refractivity contribution >= 4 is 0 Å². The van der Waals surface area contributed by atoms with Crippen LogP contribution in [0.25, 0.3) is 0 Å². The van der Waals surface area contributed by atoms with E-state index in [1.165, 1.54) is 65.0 Å². The van der Waals surface area contributed by atoms with Crippen LogP contribution in [-0.2, 0) is 0 Å². The average Bonchev–Trinajstić information content (AvgIpc) is 3.20. The molecule has 0 spiro atoms. The first-order valence-electron chi connectivity index (χ1n) is 12.4. The Bertz CT molecular complexity index is 778. The minimum Gasteiger partial charge on any atom is -0.302 e. The van der Waals surface area contributed by atoms with Crippen molar-refractivity contribution in [3.8, 4) is 0 Å². The summed E-state index contributed by atoms with van der Waals surface area (Å²) in [5.41, 5.74) is 3.32. The Morgan fingerprint density at radius 2 is 1.29 bits per heavy atom. The highest BCUT2D eigenvalue weighted by Crippen LogP contribution is 2.54. The van der Waals surface area contributed by atoms with E-state index in [1.54, 1.807) is 11.1 Å². The molecule has 3 heteroatoms. The lowest BCUT2D eigenvalue weighted by Crippen LogP contribution is -2.54. The summed E-state index contributed by atoms with van der Waals surface area (Å²) in [5, 5.41) is 0. The van der Waals surface area contributed by atoms with E-state index in [0.29, 0.717) is 17.8 Å². The van der Waals surface area contributed by atoms with E-state index in [2.05, 4.69) is 89.5 Å². The first kappa shape index (κ1) is 21.2. The molecule has 166 valence electrons. The van der Waals surface area contributed by atoms with Gasteiger partial charge in [-0.05, 0) is 81.7 Å². The molecule has 2 unspecified atom stereocenters. The van der Waals surface area contributed by atoms with Crippen molar-refractivity contribution in [2.75, 3.05) is 53.4 Å². The maximum atomic E-state index is 2.83. The van der Waals surface area contributed by atoms with Crippen molar-refractivity contribution in [2.24, 2.45) is 5.92 Å². The summed E-state index contributed by atoms with van der Waals surface area (Å²) in [6.45, 7) is 7.49. The number of likely N-dealkylation sites (N-methyl/N-ethyl adjacent to an activating group) is 1. The van der Waals surface area contributed by atoms with Gasteiger partial charge in [0.25, 0.3) is 0 Å². The van der Waals surface area contributed by atoms with Crippen molar-refractivity contribution in [3.05, 3.63) is 71.8 Å². The molecule has 0 aromatic heterocycles. The Hall–Kier alpha value is -1.68. The van der Waals surface area contributed by atoms with Crippen molar-refractivity contribution < 1.29 is 0 Å². The Kier molecular flexibility index (Phi) is 6.19. The van der Waals surface area contributed by atoms with Gasteiger partial charge < -0.3 is 9.80 Å². The van der Waals surface area contributed by atoms with E-state index in [9.17, 15) is 0 Å². The molecule has 2 atom stereocenters. The SMILES string of the molecule is CN(C)C12CC(c3ccccc3)C(CN(CCN3CCCC3)C1)C(c1ccccc1)C2. The summed E-state index contributed by atoms with van der Waals surface area (Å²) >= 11 is 0. The fourth-order valence-corrected chi connectivity index (χ4v) is 6.74. The van der Waals surface area contributed by atoms with Gasteiger partial charge >= 0.3 is 0 Å². The Morgan fingerprint density at radius 1 is 0.774 bits per heavy atom. The van der Waals surface area contributed by atoms with Gasteiger partial charge in [0.05, 0.1) is 0 Å². The summed E-state index contributed by atoms with van der Waals surface area (Å²) < 4.78 is 0. The summed E-state index contributed by atoms with van der Waals surface area (Å²) in [7, 11) is 4.66. The minimum absolute atomic E-state index is 0.235. The molecule has 1 saturated carbocycles. The Morgan fingerprint density at radius 3 is 1.81 bits per heavy atom. The predicted octanol–water partition coefficient (Wildman–Crippen LogP) is 4.68. The first-order valence-corrected chi connectivity index (χ1v) is 12.4. The van der Waals surface area contributed by atoms with Crippen LogP contribution in [0.15, 0.2) is 60.7 Å². The zero-order valence-corrected chi connectivity index (χ0v) is 19.4. The zero-order valence-electron chi connectivity index (χ0n) is 19.4. The third-order valence-corrected chi connectivity index (χ3v) is 8.56. The van der Waals surface area contributed by atoms with E-state index >= 15 is 0 Å². The second kappa shape index (κ2) is 9.05. The minimum atomic E-state index is 0.235. The molecular weight excluding hydrogens is 378 g/mol. The van der Waals surface area contributed by atoms with Gasteiger partial charge in [0.15, 0.2) is 0 Å². The molecule has 0 N–H and O–H groups in total. The second-order valence-electron chi connectivity index (χ2n) is 10.5. The van der Waals surface area contributed by atoms with Gasteiger partial charge in [0.1, 0.15) is 0 Å². The summed E-state index contributed by atoms with van der Waals surface area (Å²) in [6, 6.07) is 22.8. The number of likely N-dealkylation sites (tertiary alicyclic amines) is 1. The van der Waals surface area contributed by atoms with Crippen molar-refractivity contribution in [3.63, 3.8) is 0 Å². The van der Waals surface area contributed by atoms with E-state index < -0.39 is 0 Å². The van der Waals surface area contributed by atoms with E-state index in [1.807, 2.05) is 0 Å². The van der Waals surface area contributed by atoms with Crippen LogP contribution >= 0.6 is 0 Å². The van der Waals surface area contributed by atoms with Gasteiger partial charge in [-0.2, -0.15) is 0 Å². The summed E-state index contributed by atoms with van der Waals surface area (Å²) in [5.74, 6) is 1.93. The molecular formula is C28H39N3. The summed E-state index contributed by atoms with van der Waals surface area (Å²) in [4.78, 5) is 8.08. The Labute approximate surface area is 189 Å². The van der Waals surface area contributed by atoms with E-state index in [0.717, 1.165) is 0 Å². The highest BCUT2D eigenvalue weighted by molar-refractivity contribution is 5.30. The van der Waals surface area contributed by atoms with Gasteiger partial charge in [-0.3, -0.25) is 4.90 Å². The molecule has 2 bridgehead atoms. The topological polar surface area (TPSA) is 9.72 Å². The molecule has 31 heavy (non-hydrogen) atoms. The maximum Gasteiger partial charge on any atom is 0.0342 e. The van der Waals surface area contributed by atoms with Crippen LogP contribution in [0.5, 0.6) is 0 Å². The van der Waals surface area contributed by atoms with Crippen molar-refractivity contribution in [1.29, 1.82) is 0 Å². The molecule has 2 aromatic carbocycles. The van der Waals surface area contributed by atoms with Crippen LogP contribution in [0.4, 0.5) is 0 Å². The largest absolute Gasteiger partial charge is 0.302 e. The van der Waals surface area contributed by atoms with Crippen LogP contribution in [0, 0.1) is 5.92 Å². The highest BCUT2D eigenvalue weighted by Gasteiger charge is 2.52. The molecule has 0 radical (unpaired) electrons. The fourth-order valence-electron chi connectivity index (χ4n) is 6.74. The molecule has 0 amide bonds. The number of benzene rings is 2. The maximum absolute atomic E-state index is 2.83. The number of hydrogen-bond acceptors (Lipinski definition) is 3.